The zero-order chi connectivity index (χ0) is 15.6. The van der Waals surface area contributed by atoms with E-state index in [-0.39, 0.29) is 11.9 Å². The van der Waals surface area contributed by atoms with Gasteiger partial charge in [-0.25, -0.2) is 4.39 Å². The standard InChI is InChI=1S/C18H29FN2/c1-13(20)14-7-8-17(16(19)12-14)21-10-5-6-15(9-11-21)18(2,3)4/h7-8,12-13,15H,5-6,9-11,20H2,1-4H3. The van der Waals surface area contributed by atoms with E-state index in [1.165, 1.54) is 6.42 Å². The van der Waals surface area contributed by atoms with Crippen molar-refractivity contribution in [3.8, 4) is 0 Å². The summed E-state index contributed by atoms with van der Waals surface area (Å²) in [7, 11) is 0. The van der Waals surface area contributed by atoms with Crippen LogP contribution in [0.25, 0.3) is 0 Å². The van der Waals surface area contributed by atoms with Crippen LogP contribution in [-0.2, 0) is 0 Å². The molecular weight excluding hydrogens is 263 g/mol. The fourth-order valence-electron chi connectivity index (χ4n) is 3.27. The molecule has 1 aromatic carbocycles. The third kappa shape index (κ3) is 3.97. The van der Waals surface area contributed by atoms with E-state index >= 15 is 0 Å². The van der Waals surface area contributed by atoms with Crippen LogP contribution in [0.3, 0.4) is 0 Å². The smallest absolute Gasteiger partial charge is 0.146 e. The predicted molar refractivity (Wildman–Crippen MR) is 88.0 cm³/mol. The first-order valence-corrected chi connectivity index (χ1v) is 8.09. The second-order valence-electron chi connectivity index (χ2n) is 7.48. The van der Waals surface area contributed by atoms with E-state index in [0.29, 0.717) is 11.3 Å². The molecule has 0 radical (unpaired) electrons. The van der Waals surface area contributed by atoms with Gasteiger partial charge in [-0.2, -0.15) is 0 Å². The van der Waals surface area contributed by atoms with Gasteiger partial charge in [0.15, 0.2) is 0 Å². The molecule has 1 saturated heterocycles. The van der Waals surface area contributed by atoms with Gasteiger partial charge in [-0.15, -0.1) is 0 Å². The molecule has 118 valence electrons. The highest BCUT2D eigenvalue weighted by Crippen LogP contribution is 2.35. The van der Waals surface area contributed by atoms with Crippen molar-refractivity contribution < 1.29 is 4.39 Å². The maximum absolute atomic E-state index is 14.4. The van der Waals surface area contributed by atoms with Crippen molar-refractivity contribution in [2.24, 2.45) is 17.1 Å². The van der Waals surface area contributed by atoms with Gasteiger partial charge in [0, 0.05) is 19.1 Å². The van der Waals surface area contributed by atoms with Crippen LogP contribution in [0.2, 0.25) is 0 Å². The van der Waals surface area contributed by atoms with Crippen molar-refractivity contribution >= 4 is 5.69 Å². The van der Waals surface area contributed by atoms with Crippen molar-refractivity contribution in [1.82, 2.24) is 0 Å². The lowest BCUT2D eigenvalue weighted by Gasteiger charge is -2.30. The van der Waals surface area contributed by atoms with Gasteiger partial charge in [0.2, 0.25) is 0 Å². The minimum atomic E-state index is -0.140. The van der Waals surface area contributed by atoms with Crippen molar-refractivity contribution in [2.75, 3.05) is 18.0 Å². The largest absolute Gasteiger partial charge is 0.369 e. The quantitative estimate of drug-likeness (QED) is 0.869. The Bertz CT molecular complexity index is 477. The molecule has 0 aromatic heterocycles. The molecule has 1 heterocycles. The van der Waals surface area contributed by atoms with Crippen LogP contribution in [0.15, 0.2) is 18.2 Å². The molecule has 0 bridgehead atoms. The zero-order valence-corrected chi connectivity index (χ0v) is 13.8. The summed E-state index contributed by atoms with van der Waals surface area (Å²) in [6, 6.07) is 5.32. The van der Waals surface area contributed by atoms with Crippen LogP contribution in [0, 0.1) is 17.2 Å². The molecule has 0 aliphatic carbocycles. The fraction of sp³-hybridized carbons (Fsp3) is 0.667. The minimum Gasteiger partial charge on any atom is -0.369 e. The number of anilines is 1. The molecule has 1 fully saturated rings. The molecule has 21 heavy (non-hydrogen) atoms. The van der Waals surface area contributed by atoms with Crippen LogP contribution in [0.4, 0.5) is 10.1 Å². The lowest BCUT2D eigenvalue weighted by molar-refractivity contribution is 0.220. The summed E-state index contributed by atoms with van der Waals surface area (Å²) in [4.78, 5) is 2.20. The second kappa shape index (κ2) is 6.35. The van der Waals surface area contributed by atoms with Gasteiger partial charge in [-0.1, -0.05) is 26.8 Å². The highest BCUT2D eigenvalue weighted by Gasteiger charge is 2.27. The number of hydrogen-bond donors (Lipinski definition) is 1. The van der Waals surface area contributed by atoms with E-state index in [4.69, 9.17) is 5.73 Å². The minimum absolute atomic E-state index is 0.122. The van der Waals surface area contributed by atoms with E-state index in [9.17, 15) is 4.39 Å². The normalized spacial score (nSPS) is 22.0. The van der Waals surface area contributed by atoms with Gasteiger partial charge < -0.3 is 10.6 Å². The molecule has 2 rings (SSSR count). The van der Waals surface area contributed by atoms with Crippen molar-refractivity contribution in [2.45, 2.75) is 53.0 Å². The molecule has 1 aliphatic rings. The third-order valence-electron chi connectivity index (χ3n) is 4.79. The lowest BCUT2D eigenvalue weighted by atomic mass is 9.77. The van der Waals surface area contributed by atoms with Crippen molar-refractivity contribution in [1.29, 1.82) is 0 Å². The van der Waals surface area contributed by atoms with E-state index in [0.717, 1.165) is 37.2 Å². The Labute approximate surface area is 128 Å². The molecule has 0 saturated carbocycles. The summed E-state index contributed by atoms with van der Waals surface area (Å²) in [5.74, 6) is 0.577. The molecule has 0 spiro atoms. The third-order valence-corrected chi connectivity index (χ3v) is 4.79. The summed E-state index contributed by atoms with van der Waals surface area (Å²) in [6.07, 6.45) is 3.51. The Morgan fingerprint density at radius 3 is 2.52 bits per heavy atom. The predicted octanol–water partition coefficient (Wildman–Crippen LogP) is 4.50. The molecule has 2 unspecified atom stereocenters. The van der Waals surface area contributed by atoms with E-state index in [1.54, 1.807) is 6.07 Å². The van der Waals surface area contributed by atoms with Gasteiger partial charge in [0.25, 0.3) is 0 Å². The highest BCUT2D eigenvalue weighted by atomic mass is 19.1. The molecule has 0 amide bonds. The molecule has 1 aliphatic heterocycles. The first-order valence-electron chi connectivity index (χ1n) is 8.09. The molecule has 2 atom stereocenters. The Balaban J connectivity index is 2.12. The Morgan fingerprint density at radius 1 is 1.24 bits per heavy atom. The van der Waals surface area contributed by atoms with Crippen LogP contribution in [-0.4, -0.2) is 13.1 Å². The maximum atomic E-state index is 14.4. The number of nitrogens with zero attached hydrogens (tertiary/aromatic N) is 1. The Morgan fingerprint density at radius 2 is 1.95 bits per heavy atom. The number of nitrogens with two attached hydrogens (primary N) is 1. The topological polar surface area (TPSA) is 29.3 Å². The number of benzene rings is 1. The van der Waals surface area contributed by atoms with Crippen LogP contribution in [0.5, 0.6) is 0 Å². The van der Waals surface area contributed by atoms with E-state index in [1.807, 2.05) is 19.1 Å². The molecular formula is C18H29FN2. The van der Waals surface area contributed by atoms with Crippen LogP contribution in [0.1, 0.15) is 58.6 Å². The monoisotopic (exact) mass is 292 g/mol. The first kappa shape index (κ1) is 16.3. The van der Waals surface area contributed by atoms with Crippen LogP contribution >= 0.6 is 0 Å². The highest BCUT2D eigenvalue weighted by molar-refractivity contribution is 5.49. The lowest BCUT2D eigenvalue weighted by Crippen LogP contribution is -2.27. The summed E-state index contributed by atoms with van der Waals surface area (Å²) >= 11 is 0. The first-order chi connectivity index (χ1) is 9.79. The van der Waals surface area contributed by atoms with Crippen molar-refractivity contribution in [3.05, 3.63) is 29.6 Å². The maximum Gasteiger partial charge on any atom is 0.146 e. The fourth-order valence-corrected chi connectivity index (χ4v) is 3.27. The SMILES string of the molecule is CC(N)c1ccc(N2CCCC(C(C)(C)C)CC2)c(F)c1. The molecule has 2 nitrogen and oxygen atoms in total. The summed E-state index contributed by atoms with van der Waals surface area (Å²) < 4.78 is 14.4. The average molecular weight is 292 g/mol. The van der Waals surface area contributed by atoms with Crippen LogP contribution < -0.4 is 10.6 Å². The van der Waals surface area contributed by atoms with Gasteiger partial charge >= 0.3 is 0 Å². The number of hydrogen-bond acceptors (Lipinski definition) is 2. The molecule has 3 heteroatoms. The molecule has 2 N–H and O–H groups in total. The van der Waals surface area contributed by atoms with Crippen molar-refractivity contribution in [3.63, 3.8) is 0 Å². The molecule has 1 aromatic rings. The number of halogens is 1. The van der Waals surface area contributed by atoms with Gasteiger partial charge in [-0.3, -0.25) is 0 Å². The Hall–Kier alpha value is -1.09. The Kier molecular flexibility index (Phi) is 4.92. The van der Waals surface area contributed by atoms with E-state index in [2.05, 4.69) is 25.7 Å². The summed E-state index contributed by atoms with van der Waals surface area (Å²) in [5, 5.41) is 0. The van der Waals surface area contributed by atoms with Gasteiger partial charge in [0.05, 0.1) is 5.69 Å². The second-order valence-corrected chi connectivity index (χ2v) is 7.48. The number of rotatable bonds is 2. The zero-order valence-electron chi connectivity index (χ0n) is 13.8. The van der Waals surface area contributed by atoms with Gasteiger partial charge in [0.1, 0.15) is 5.82 Å². The summed E-state index contributed by atoms with van der Waals surface area (Å²) in [5.41, 5.74) is 7.75. The summed E-state index contributed by atoms with van der Waals surface area (Å²) in [6.45, 7) is 10.7. The van der Waals surface area contributed by atoms with Gasteiger partial charge in [-0.05, 0) is 55.2 Å². The van der Waals surface area contributed by atoms with E-state index < -0.39 is 0 Å². The average Bonchev–Trinajstić information content (AvgIpc) is 2.63.